The van der Waals surface area contributed by atoms with Crippen LogP contribution in [0, 0.1) is 0 Å². The van der Waals surface area contributed by atoms with Crippen molar-refractivity contribution in [3.8, 4) is 34.1 Å². The summed E-state index contributed by atoms with van der Waals surface area (Å²) in [5.41, 5.74) is 4.01. The molecule has 1 saturated carbocycles. The number of rotatable bonds is 15. The van der Waals surface area contributed by atoms with Gasteiger partial charge in [-0.25, -0.2) is 9.97 Å². The maximum atomic E-state index is 14.6. The summed E-state index contributed by atoms with van der Waals surface area (Å²) in [5, 5.41) is 12.9. The van der Waals surface area contributed by atoms with E-state index in [1.54, 1.807) is 7.11 Å². The molecular formula is C40H43ClF3N7O5. The summed E-state index contributed by atoms with van der Waals surface area (Å²) < 4.78 is 60.1. The molecule has 2 aromatic carbocycles. The fraction of sp³-hybridized carbons (Fsp3) is 0.425. The van der Waals surface area contributed by atoms with Gasteiger partial charge in [-0.2, -0.15) is 18.2 Å². The van der Waals surface area contributed by atoms with Gasteiger partial charge in [0, 0.05) is 48.3 Å². The molecule has 0 radical (unpaired) electrons. The van der Waals surface area contributed by atoms with Crippen LogP contribution in [0.25, 0.3) is 22.4 Å². The molecule has 56 heavy (non-hydrogen) atoms. The Morgan fingerprint density at radius 3 is 2.39 bits per heavy atom. The Morgan fingerprint density at radius 1 is 0.929 bits per heavy atom. The van der Waals surface area contributed by atoms with Crippen molar-refractivity contribution in [2.45, 2.75) is 88.4 Å². The molecule has 0 spiro atoms. The van der Waals surface area contributed by atoms with Crippen LogP contribution >= 0.6 is 11.6 Å². The first kappa shape index (κ1) is 39.3. The summed E-state index contributed by atoms with van der Waals surface area (Å²) in [6.07, 6.45) is -0.279. The van der Waals surface area contributed by atoms with Crippen LogP contribution in [-0.2, 0) is 33.5 Å². The largest absolute Gasteiger partial charge is 0.481 e. The number of hydrogen-bond donors (Lipinski definition) is 4. The van der Waals surface area contributed by atoms with Crippen LogP contribution in [0.4, 0.5) is 19.0 Å². The lowest BCUT2D eigenvalue weighted by molar-refractivity contribution is -0.141. The molecule has 4 N–H and O–H groups in total. The van der Waals surface area contributed by atoms with Gasteiger partial charge in [-0.1, -0.05) is 66.9 Å². The number of aromatic nitrogens is 3. The molecule has 2 fully saturated rings. The van der Waals surface area contributed by atoms with Crippen molar-refractivity contribution in [1.29, 1.82) is 0 Å². The van der Waals surface area contributed by atoms with Crippen molar-refractivity contribution >= 4 is 29.8 Å². The van der Waals surface area contributed by atoms with Gasteiger partial charge >= 0.3 is 6.18 Å². The number of alkyl halides is 3. The zero-order valence-electron chi connectivity index (χ0n) is 31.0. The lowest BCUT2D eigenvalue weighted by Crippen LogP contribution is -2.35. The molecule has 0 bridgehead atoms. The zero-order chi connectivity index (χ0) is 39.4. The van der Waals surface area contributed by atoms with E-state index in [2.05, 4.69) is 31.2 Å². The minimum Gasteiger partial charge on any atom is -0.481 e. The van der Waals surface area contributed by atoms with E-state index in [9.17, 15) is 22.8 Å². The van der Waals surface area contributed by atoms with Gasteiger partial charge in [-0.05, 0) is 54.9 Å². The number of pyridine rings is 1. The molecule has 3 atom stereocenters. The Balaban J connectivity index is 1.14. The third-order valence-electron chi connectivity index (χ3n) is 10.6. The summed E-state index contributed by atoms with van der Waals surface area (Å²) in [6, 6.07) is 14.7. The van der Waals surface area contributed by atoms with Crippen LogP contribution in [0.15, 0.2) is 48.5 Å². The van der Waals surface area contributed by atoms with E-state index in [1.165, 1.54) is 7.11 Å². The van der Waals surface area contributed by atoms with Gasteiger partial charge in [0.05, 0.1) is 31.0 Å². The number of benzene rings is 2. The SMILES string of the molecule is COc1nc(-c2cccc(-c3cccc4c3CC[C@@H]4Nc3nc(OC)c(C(NC4CCCC4)OC=O)nc3C(F)(F)F)c2Cl)ccc1CNC[C@@H]1CCC(=O)N1. The number of fused-ring (bicyclic) bond motifs is 1. The topological polar surface area (TPSA) is 149 Å². The van der Waals surface area contributed by atoms with Gasteiger partial charge in [0.2, 0.25) is 23.9 Å². The Bertz CT molecular complexity index is 2080. The van der Waals surface area contributed by atoms with Gasteiger partial charge in [-0.15, -0.1) is 0 Å². The highest BCUT2D eigenvalue weighted by molar-refractivity contribution is 6.36. The van der Waals surface area contributed by atoms with Crippen LogP contribution in [0.3, 0.4) is 0 Å². The molecule has 3 aliphatic rings. The van der Waals surface area contributed by atoms with Gasteiger partial charge in [-0.3, -0.25) is 14.9 Å². The molecule has 12 nitrogen and oxygen atoms in total. The highest BCUT2D eigenvalue weighted by Crippen LogP contribution is 2.45. The quantitative estimate of drug-likeness (QED) is 0.0724. The van der Waals surface area contributed by atoms with Crippen molar-refractivity contribution in [2.24, 2.45) is 0 Å². The number of carbonyl (C=O) groups excluding carboxylic acids is 2. The van der Waals surface area contributed by atoms with E-state index < -0.39 is 30.0 Å². The second-order valence-electron chi connectivity index (χ2n) is 14.1. The molecule has 2 aromatic heterocycles. The standard InChI is InChI=1S/C40H43ClF3N7O5/c1-54-37-22(19-45-20-24-14-18-32(53)46-24)13-16-31(49-37)29-12-6-11-28(33(29)41)25-9-5-10-27-26(25)15-17-30(27)48-36-35(40(42,43)44)50-34(38(51-36)55-2)39(56-21-52)47-23-7-3-4-8-23/h5-6,9-13,16,21,23-24,30,39,45,47H,3-4,7-8,14-15,17-20H2,1-2H3,(H,46,53)(H,48,51)/t24-,30-,39?/m0/s1. The maximum Gasteiger partial charge on any atom is 0.437 e. The third-order valence-corrected chi connectivity index (χ3v) is 11.0. The number of hydrogen-bond acceptors (Lipinski definition) is 11. The molecular weight excluding hydrogens is 751 g/mol. The van der Waals surface area contributed by atoms with Crippen molar-refractivity contribution in [3.05, 3.63) is 81.6 Å². The molecule has 1 saturated heterocycles. The number of nitrogens with one attached hydrogen (secondary N) is 4. The monoisotopic (exact) mass is 793 g/mol. The molecule has 2 aliphatic carbocycles. The fourth-order valence-electron chi connectivity index (χ4n) is 7.90. The summed E-state index contributed by atoms with van der Waals surface area (Å²) in [4.78, 5) is 35.9. The number of anilines is 1. The second kappa shape index (κ2) is 17.0. The lowest BCUT2D eigenvalue weighted by atomic mass is 9.94. The normalized spacial score (nSPS) is 18.7. The number of nitrogens with zero attached hydrogens (tertiary/aromatic N) is 3. The molecule has 7 rings (SSSR count). The zero-order valence-corrected chi connectivity index (χ0v) is 31.7. The van der Waals surface area contributed by atoms with Crippen LogP contribution in [0.1, 0.15) is 85.3 Å². The summed E-state index contributed by atoms with van der Waals surface area (Å²) in [7, 11) is 2.84. The molecule has 1 amide bonds. The van der Waals surface area contributed by atoms with E-state index in [0.29, 0.717) is 54.5 Å². The summed E-state index contributed by atoms with van der Waals surface area (Å²) in [6.45, 7) is 1.31. The second-order valence-corrected chi connectivity index (χ2v) is 14.5. The van der Waals surface area contributed by atoms with Crippen molar-refractivity contribution in [1.82, 2.24) is 30.9 Å². The molecule has 16 heteroatoms. The van der Waals surface area contributed by atoms with Crippen LogP contribution < -0.4 is 30.7 Å². The Hall–Kier alpha value is -4.99. The Labute approximate surface area is 327 Å². The van der Waals surface area contributed by atoms with Gasteiger partial charge < -0.3 is 30.2 Å². The first-order valence-corrected chi connectivity index (χ1v) is 19.1. The molecule has 1 unspecified atom stereocenters. The average Bonchev–Trinajstić information content (AvgIpc) is 3.96. The first-order valence-electron chi connectivity index (χ1n) is 18.7. The first-order chi connectivity index (χ1) is 27.1. The highest BCUT2D eigenvalue weighted by Gasteiger charge is 2.41. The summed E-state index contributed by atoms with van der Waals surface area (Å²) >= 11 is 7.13. The van der Waals surface area contributed by atoms with Gasteiger partial charge in [0.15, 0.2) is 17.2 Å². The third kappa shape index (κ3) is 8.39. The van der Waals surface area contributed by atoms with Crippen molar-refractivity contribution in [2.75, 3.05) is 26.1 Å². The minimum absolute atomic E-state index is 0.0522. The Morgan fingerprint density at radius 2 is 1.68 bits per heavy atom. The average molecular weight is 794 g/mol. The molecule has 296 valence electrons. The fourth-order valence-corrected chi connectivity index (χ4v) is 8.22. The van der Waals surface area contributed by atoms with E-state index >= 15 is 0 Å². The predicted octanol–water partition coefficient (Wildman–Crippen LogP) is 7.07. The van der Waals surface area contributed by atoms with E-state index in [1.807, 2.05) is 48.5 Å². The highest BCUT2D eigenvalue weighted by atomic mass is 35.5. The molecule has 1 aliphatic heterocycles. The van der Waals surface area contributed by atoms with Crippen LogP contribution in [0.5, 0.6) is 11.8 Å². The maximum absolute atomic E-state index is 14.6. The number of amides is 1. The Kier molecular flexibility index (Phi) is 11.9. The van der Waals surface area contributed by atoms with Crippen LogP contribution in [0.2, 0.25) is 5.02 Å². The number of methoxy groups -OCH3 is 2. The smallest absolute Gasteiger partial charge is 0.437 e. The molecule has 4 aromatic rings. The van der Waals surface area contributed by atoms with Crippen LogP contribution in [-0.4, -0.2) is 60.2 Å². The number of carbonyl (C=O) groups is 2. The predicted molar refractivity (Wildman–Crippen MR) is 203 cm³/mol. The number of ether oxygens (including phenoxy) is 3. The van der Waals surface area contributed by atoms with E-state index in [0.717, 1.165) is 59.9 Å². The number of halogens is 4. The lowest BCUT2D eigenvalue weighted by Gasteiger charge is -2.24. The van der Waals surface area contributed by atoms with E-state index in [4.69, 9.17) is 30.8 Å². The minimum atomic E-state index is -4.88. The summed E-state index contributed by atoms with van der Waals surface area (Å²) in [5.74, 6) is -0.166. The van der Waals surface area contributed by atoms with E-state index in [-0.39, 0.29) is 36.0 Å². The van der Waals surface area contributed by atoms with Crippen molar-refractivity contribution < 1.29 is 37.0 Å². The molecule has 3 heterocycles. The van der Waals surface area contributed by atoms with Crippen molar-refractivity contribution in [3.63, 3.8) is 0 Å². The van der Waals surface area contributed by atoms with Gasteiger partial charge in [0.1, 0.15) is 0 Å². The van der Waals surface area contributed by atoms with Gasteiger partial charge in [0.25, 0.3) is 6.47 Å².